The van der Waals surface area contributed by atoms with E-state index in [1.807, 2.05) is 48.5 Å². The highest BCUT2D eigenvalue weighted by Crippen LogP contribution is 2.40. The SMILES string of the molecule is CCCC[C@H](N1C(=O)c2ccccc2C1=O)C1(C)O[C@@H](COC(C)(C)C)[C@H](COC(C)(C)C)O1. The van der Waals surface area contributed by atoms with Crippen LogP contribution in [0.15, 0.2) is 24.3 Å². The lowest BCUT2D eigenvalue weighted by Gasteiger charge is -2.38. The van der Waals surface area contributed by atoms with Gasteiger partial charge in [0.25, 0.3) is 11.8 Å². The summed E-state index contributed by atoms with van der Waals surface area (Å²) in [6, 6.07) is 6.38. The van der Waals surface area contributed by atoms with Gasteiger partial charge < -0.3 is 18.9 Å². The van der Waals surface area contributed by atoms with Crippen molar-refractivity contribution in [1.82, 2.24) is 4.90 Å². The van der Waals surface area contributed by atoms with Gasteiger partial charge in [-0.05, 0) is 67.0 Å². The fraction of sp³-hybridized carbons (Fsp3) is 0.704. The quantitative estimate of drug-likeness (QED) is 0.470. The number of fused-ring (bicyclic) bond motifs is 1. The zero-order valence-electron chi connectivity index (χ0n) is 22.0. The van der Waals surface area contributed by atoms with Crippen LogP contribution in [0.4, 0.5) is 0 Å². The lowest BCUT2D eigenvalue weighted by Crippen LogP contribution is -2.54. The van der Waals surface area contributed by atoms with E-state index in [-0.39, 0.29) is 23.0 Å². The summed E-state index contributed by atoms with van der Waals surface area (Å²) < 4.78 is 25.1. The molecule has 1 fully saturated rings. The Kier molecular flexibility index (Phi) is 7.92. The Balaban J connectivity index is 1.90. The molecule has 0 aromatic heterocycles. The largest absolute Gasteiger partial charge is 0.373 e. The minimum absolute atomic E-state index is 0.299. The van der Waals surface area contributed by atoms with Crippen molar-refractivity contribution in [3.8, 4) is 0 Å². The third-order valence-electron chi connectivity index (χ3n) is 6.12. The Labute approximate surface area is 204 Å². The summed E-state index contributed by atoms with van der Waals surface area (Å²) in [5.41, 5.74) is 0.163. The van der Waals surface area contributed by atoms with Crippen LogP contribution in [0.25, 0.3) is 0 Å². The lowest BCUT2D eigenvalue weighted by molar-refractivity contribution is -0.204. The van der Waals surface area contributed by atoms with Crippen LogP contribution < -0.4 is 0 Å². The predicted octanol–water partition coefficient (Wildman–Crippen LogP) is 4.97. The number of ether oxygens (including phenoxy) is 4. The molecule has 34 heavy (non-hydrogen) atoms. The molecule has 7 nitrogen and oxygen atoms in total. The Morgan fingerprint density at radius 3 is 1.74 bits per heavy atom. The molecule has 0 bridgehead atoms. The first kappa shape index (κ1) is 26.8. The van der Waals surface area contributed by atoms with Crippen molar-refractivity contribution in [3.63, 3.8) is 0 Å². The van der Waals surface area contributed by atoms with Crippen LogP contribution in [-0.4, -0.2) is 65.2 Å². The highest BCUT2D eigenvalue weighted by molar-refractivity contribution is 6.21. The second-order valence-electron chi connectivity index (χ2n) is 11.4. The van der Waals surface area contributed by atoms with E-state index >= 15 is 0 Å². The molecule has 2 aliphatic heterocycles. The monoisotopic (exact) mass is 475 g/mol. The smallest absolute Gasteiger partial charge is 0.261 e. The van der Waals surface area contributed by atoms with Crippen LogP contribution in [0.5, 0.6) is 0 Å². The molecule has 7 heteroatoms. The number of hydrogen-bond donors (Lipinski definition) is 0. The first-order valence-electron chi connectivity index (χ1n) is 12.4. The molecule has 0 N–H and O–H groups in total. The van der Waals surface area contributed by atoms with E-state index in [0.29, 0.717) is 30.8 Å². The van der Waals surface area contributed by atoms with E-state index in [2.05, 4.69) is 6.92 Å². The summed E-state index contributed by atoms with van der Waals surface area (Å²) >= 11 is 0. The number of carbonyl (C=O) groups is 2. The second-order valence-corrected chi connectivity index (χ2v) is 11.4. The number of benzene rings is 1. The first-order chi connectivity index (χ1) is 15.8. The van der Waals surface area contributed by atoms with Crippen molar-refractivity contribution in [2.45, 2.75) is 110 Å². The van der Waals surface area contributed by atoms with Gasteiger partial charge in [0.1, 0.15) is 12.2 Å². The van der Waals surface area contributed by atoms with E-state index < -0.39 is 24.0 Å². The summed E-state index contributed by atoms with van der Waals surface area (Å²) in [7, 11) is 0. The van der Waals surface area contributed by atoms with Gasteiger partial charge in [0.05, 0.1) is 41.6 Å². The van der Waals surface area contributed by atoms with E-state index in [4.69, 9.17) is 18.9 Å². The van der Waals surface area contributed by atoms with E-state index in [1.165, 1.54) is 4.90 Å². The van der Waals surface area contributed by atoms with Gasteiger partial charge in [-0.3, -0.25) is 14.5 Å². The average Bonchev–Trinajstić information content (AvgIpc) is 3.20. The molecule has 2 amide bonds. The van der Waals surface area contributed by atoms with Gasteiger partial charge in [0.2, 0.25) is 0 Å². The zero-order chi connectivity index (χ0) is 25.3. The molecule has 3 atom stereocenters. The highest BCUT2D eigenvalue weighted by Gasteiger charge is 2.55. The number of unbranched alkanes of at least 4 members (excludes halogenated alkanes) is 1. The summed E-state index contributed by atoms with van der Waals surface area (Å²) in [6.07, 6.45) is 1.53. The van der Waals surface area contributed by atoms with Gasteiger partial charge in [0, 0.05) is 0 Å². The maximum atomic E-state index is 13.3. The Morgan fingerprint density at radius 1 is 0.912 bits per heavy atom. The van der Waals surface area contributed by atoms with Crippen LogP contribution in [-0.2, 0) is 18.9 Å². The predicted molar refractivity (Wildman–Crippen MR) is 130 cm³/mol. The van der Waals surface area contributed by atoms with Crippen molar-refractivity contribution in [2.75, 3.05) is 13.2 Å². The van der Waals surface area contributed by atoms with Crippen molar-refractivity contribution in [3.05, 3.63) is 35.4 Å². The van der Waals surface area contributed by atoms with Gasteiger partial charge in [-0.2, -0.15) is 0 Å². The molecule has 1 saturated heterocycles. The molecular formula is C27H41NO6. The number of hydrogen-bond acceptors (Lipinski definition) is 6. The lowest BCUT2D eigenvalue weighted by atomic mass is 10.00. The van der Waals surface area contributed by atoms with E-state index in [1.54, 1.807) is 24.3 Å². The Morgan fingerprint density at radius 2 is 1.35 bits per heavy atom. The number of carbonyl (C=O) groups excluding carboxylic acids is 2. The fourth-order valence-corrected chi connectivity index (χ4v) is 4.40. The number of rotatable bonds is 9. The van der Waals surface area contributed by atoms with Crippen molar-refractivity contribution >= 4 is 11.8 Å². The topological polar surface area (TPSA) is 74.3 Å². The molecule has 0 saturated carbocycles. The molecule has 0 radical (unpaired) electrons. The van der Waals surface area contributed by atoms with Crippen LogP contribution >= 0.6 is 0 Å². The van der Waals surface area contributed by atoms with Crippen molar-refractivity contribution in [2.24, 2.45) is 0 Å². The van der Waals surface area contributed by atoms with E-state index in [9.17, 15) is 9.59 Å². The normalized spacial score (nSPS) is 23.5. The maximum absolute atomic E-state index is 13.3. The van der Waals surface area contributed by atoms with Gasteiger partial charge in [-0.25, -0.2) is 0 Å². The molecule has 0 spiro atoms. The summed E-state index contributed by atoms with van der Waals surface area (Å²) in [5.74, 6) is -1.78. The Hall–Kier alpha value is -1.80. The standard InChI is InChI=1S/C27H41NO6/c1-9-10-15-22(28-23(29)18-13-11-12-14-19(18)24(28)30)27(8)33-20(16-31-25(2,3)4)21(34-27)17-32-26(5,6)7/h11-14,20-22H,9-10,15-17H2,1-8H3/t20-,21-,22-/m0/s1. The average molecular weight is 476 g/mol. The third-order valence-corrected chi connectivity index (χ3v) is 6.12. The zero-order valence-corrected chi connectivity index (χ0v) is 22.0. The minimum Gasteiger partial charge on any atom is -0.373 e. The van der Waals surface area contributed by atoms with Crippen LogP contribution in [0, 0.1) is 0 Å². The number of nitrogens with zero attached hydrogens (tertiary/aromatic N) is 1. The molecule has 1 aromatic carbocycles. The molecular weight excluding hydrogens is 434 g/mol. The van der Waals surface area contributed by atoms with Gasteiger partial charge in [-0.1, -0.05) is 31.9 Å². The van der Waals surface area contributed by atoms with Crippen LogP contribution in [0.3, 0.4) is 0 Å². The van der Waals surface area contributed by atoms with Crippen molar-refractivity contribution < 1.29 is 28.5 Å². The molecule has 190 valence electrons. The molecule has 1 aromatic rings. The van der Waals surface area contributed by atoms with Crippen LogP contribution in [0.2, 0.25) is 0 Å². The summed E-state index contributed by atoms with van der Waals surface area (Å²) in [4.78, 5) is 28.0. The van der Waals surface area contributed by atoms with Gasteiger partial charge in [-0.15, -0.1) is 0 Å². The Bertz CT molecular complexity index is 823. The minimum atomic E-state index is -1.18. The van der Waals surface area contributed by atoms with Crippen molar-refractivity contribution in [1.29, 1.82) is 0 Å². The third kappa shape index (κ3) is 6.06. The van der Waals surface area contributed by atoms with E-state index in [0.717, 1.165) is 12.8 Å². The number of amides is 2. The maximum Gasteiger partial charge on any atom is 0.261 e. The summed E-state index contributed by atoms with van der Waals surface area (Å²) in [6.45, 7) is 16.5. The second kappa shape index (κ2) is 10.1. The molecule has 2 aliphatic rings. The van der Waals surface area contributed by atoms with Gasteiger partial charge >= 0.3 is 0 Å². The molecule has 0 unspecified atom stereocenters. The highest BCUT2D eigenvalue weighted by atomic mass is 16.8. The molecule has 0 aliphatic carbocycles. The fourth-order valence-electron chi connectivity index (χ4n) is 4.40. The van der Waals surface area contributed by atoms with Crippen LogP contribution in [0.1, 0.15) is 95.4 Å². The first-order valence-corrected chi connectivity index (χ1v) is 12.4. The van der Waals surface area contributed by atoms with Gasteiger partial charge in [0.15, 0.2) is 5.79 Å². The summed E-state index contributed by atoms with van der Waals surface area (Å²) in [5, 5.41) is 0. The molecule has 3 rings (SSSR count). The number of imide groups is 1. The molecule has 2 heterocycles.